The molecular formula is C15H20ClN3O2. The maximum absolute atomic E-state index is 6.14. The summed E-state index contributed by atoms with van der Waals surface area (Å²) in [5.41, 5.74) is 2.00. The number of hydrogen-bond acceptors (Lipinski definition) is 4. The lowest BCUT2D eigenvalue weighted by Crippen LogP contribution is -2.03. The van der Waals surface area contributed by atoms with Crippen LogP contribution in [0.1, 0.15) is 31.0 Å². The maximum atomic E-state index is 6.14. The van der Waals surface area contributed by atoms with Gasteiger partial charge >= 0.3 is 0 Å². The van der Waals surface area contributed by atoms with Crippen molar-refractivity contribution in [2.75, 3.05) is 14.2 Å². The van der Waals surface area contributed by atoms with Crippen molar-refractivity contribution in [1.29, 1.82) is 0 Å². The lowest BCUT2D eigenvalue weighted by atomic mass is 9.95. The summed E-state index contributed by atoms with van der Waals surface area (Å²) in [7, 11) is 3.25. The number of hydrogen-bond donors (Lipinski definition) is 0. The monoisotopic (exact) mass is 309 g/mol. The molecule has 0 saturated heterocycles. The highest BCUT2D eigenvalue weighted by Gasteiger charge is 2.17. The Balaban J connectivity index is 2.26. The topological polar surface area (TPSA) is 49.2 Å². The number of benzene rings is 1. The molecule has 0 aliphatic heterocycles. The molecule has 1 aromatic heterocycles. The highest BCUT2D eigenvalue weighted by Crippen LogP contribution is 2.37. The molecule has 0 radical (unpaired) electrons. The summed E-state index contributed by atoms with van der Waals surface area (Å²) in [6.07, 6.45) is 2.75. The first-order chi connectivity index (χ1) is 10.1. The molecule has 1 unspecified atom stereocenters. The fourth-order valence-corrected chi connectivity index (χ4v) is 2.51. The molecule has 0 N–H and O–H groups in total. The van der Waals surface area contributed by atoms with Crippen molar-refractivity contribution in [2.24, 2.45) is 0 Å². The Morgan fingerprint density at radius 2 is 1.95 bits per heavy atom. The predicted molar refractivity (Wildman–Crippen MR) is 82.4 cm³/mol. The van der Waals surface area contributed by atoms with Crippen LogP contribution < -0.4 is 9.47 Å². The van der Waals surface area contributed by atoms with Gasteiger partial charge in [-0.05, 0) is 25.3 Å². The quantitative estimate of drug-likeness (QED) is 0.821. The second kappa shape index (κ2) is 6.80. The van der Waals surface area contributed by atoms with Crippen LogP contribution in [-0.4, -0.2) is 29.2 Å². The van der Waals surface area contributed by atoms with E-state index in [0.29, 0.717) is 10.8 Å². The number of nitrogens with zero attached hydrogens (tertiary/aromatic N) is 3. The van der Waals surface area contributed by atoms with Crippen LogP contribution in [0.2, 0.25) is 5.02 Å². The van der Waals surface area contributed by atoms with E-state index in [-0.39, 0.29) is 5.92 Å². The molecule has 2 rings (SSSR count). The van der Waals surface area contributed by atoms with Gasteiger partial charge in [-0.3, -0.25) is 4.68 Å². The normalized spacial score (nSPS) is 12.2. The van der Waals surface area contributed by atoms with Gasteiger partial charge in [0.1, 0.15) is 11.5 Å². The van der Waals surface area contributed by atoms with Crippen LogP contribution in [0, 0.1) is 0 Å². The molecule has 0 saturated carbocycles. The molecule has 0 spiro atoms. The SMILES string of the molecule is CCn1cc(CC(C)c2cc(OC)c(Cl)cc2OC)nn1. The number of ether oxygens (including phenoxy) is 2. The van der Waals surface area contributed by atoms with Crippen LogP contribution in [-0.2, 0) is 13.0 Å². The van der Waals surface area contributed by atoms with Gasteiger partial charge in [0.25, 0.3) is 0 Å². The standard InChI is InChI=1S/C15H20ClN3O2/c1-5-19-9-11(17-18-19)6-10(2)12-7-15(21-4)13(16)8-14(12)20-3/h7-10H,5-6H2,1-4H3. The van der Waals surface area contributed by atoms with E-state index in [0.717, 1.165) is 30.0 Å². The lowest BCUT2D eigenvalue weighted by Gasteiger charge is -2.16. The zero-order valence-electron chi connectivity index (χ0n) is 12.8. The Morgan fingerprint density at radius 3 is 2.52 bits per heavy atom. The Morgan fingerprint density at radius 1 is 1.24 bits per heavy atom. The first-order valence-corrected chi connectivity index (χ1v) is 7.27. The van der Waals surface area contributed by atoms with Crippen LogP contribution in [0.15, 0.2) is 18.3 Å². The van der Waals surface area contributed by atoms with Crippen molar-refractivity contribution in [3.8, 4) is 11.5 Å². The molecule has 1 atom stereocenters. The number of methoxy groups -OCH3 is 2. The molecule has 1 aromatic carbocycles. The van der Waals surface area contributed by atoms with Crippen LogP contribution in [0.3, 0.4) is 0 Å². The number of aryl methyl sites for hydroxylation is 1. The number of rotatable bonds is 6. The van der Waals surface area contributed by atoms with Crippen LogP contribution in [0.5, 0.6) is 11.5 Å². The van der Waals surface area contributed by atoms with E-state index in [9.17, 15) is 0 Å². The Kier molecular flexibility index (Phi) is 5.07. The highest BCUT2D eigenvalue weighted by molar-refractivity contribution is 6.32. The minimum atomic E-state index is 0.216. The fourth-order valence-electron chi connectivity index (χ4n) is 2.28. The average Bonchev–Trinajstić information content (AvgIpc) is 2.94. The van der Waals surface area contributed by atoms with Gasteiger partial charge in [0.15, 0.2) is 0 Å². The van der Waals surface area contributed by atoms with Crippen molar-refractivity contribution in [2.45, 2.75) is 32.7 Å². The third-order valence-corrected chi connectivity index (χ3v) is 3.76. The van der Waals surface area contributed by atoms with Gasteiger partial charge in [-0.1, -0.05) is 23.7 Å². The van der Waals surface area contributed by atoms with E-state index in [1.807, 2.05) is 23.9 Å². The molecule has 21 heavy (non-hydrogen) atoms. The molecule has 0 amide bonds. The predicted octanol–water partition coefficient (Wildman–Crippen LogP) is 3.31. The van der Waals surface area contributed by atoms with Gasteiger partial charge in [0, 0.05) is 24.4 Å². The minimum Gasteiger partial charge on any atom is -0.496 e. The van der Waals surface area contributed by atoms with Crippen molar-refractivity contribution < 1.29 is 9.47 Å². The summed E-state index contributed by atoms with van der Waals surface area (Å²) in [6.45, 7) is 4.98. The van der Waals surface area contributed by atoms with Gasteiger partial charge < -0.3 is 9.47 Å². The Bertz CT molecular complexity index is 613. The molecule has 0 aliphatic carbocycles. The van der Waals surface area contributed by atoms with Gasteiger partial charge in [-0.25, -0.2) is 0 Å². The summed E-state index contributed by atoms with van der Waals surface area (Å²) >= 11 is 6.14. The van der Waals surface area contributed by atoms with Gasteiger partial charge in [0.05, 0.1) is 24.9 Å². The summed E-state index contributed by atoms with van der Waals surface area (Å²) in [6, 6.07) is 3.71. The number of aromatic nitrogens is 3. The molecule has 0 fully saturated rings. The molecule has 114 valence electrons. The van der Waals surface area contributed by atoms with Crippen molar-refractivity contribution in [3.63, 3.8) is 0 Å². The lowest BCUT2D eigenvalue weighted by molar-refractivity contribution is 0.396. The third kappa shape index (κ3) is 3.47. The van der Waals surface area contributed by atoms with E-state index in [1.165, 1.54) is 0 Å². The van der Waals surface area contributed by atoms with Crippen molar-refractivity contribution >= 4 is 11.6 Å². The maximum Gasteiger partial charge on any atom is 0.138 e. The fraction of sp³-hybridized carbons (Fsp3) is 0.467. The van der Waals surface area contributed by atoms with Gasteiger partial charge in [-0.2, -0.15) is 0 Å². The Hall–Kier alpha value is -1.75. The first-order valence-electron chi connectivity index (χ1n) is 6.89. The van der Waals surface area contributed by atoms with Crippen LogP contribution in [0.25, 0.3) is 0 Å². The smallest absolute Gasteiger partial charge is 0.138 e. The number of halogens is 1. The van der Waals surface area contributed by atoms with E-state index >= 15 is 0 Å². The average molecular weight is 310 g/mol. The second-order valence-electron chi connectivity index (χ2n) is 4.90. The molecule has 0 bridgehead atoms. The molecular weight excluding hydrogens is 290 g/mol. The molecule has 0 aliphatic rings. The van der Waals surface area contributed by atoms with Crippen LogP contribution >= 0.6 is 11.6 Å². The summed E-state index contributed by atoms with van der Waals surface area (Å²) < 4.78 is 12.5. The summed E-state index contributed by atoms with van der Waals surface area (Å²) in [4.78, 5) is 0. The van der Waals surface area contributed by atoms with E-state index in [2.05, 4.69) is 17.2 Å². The van der Waals surface area contributed by atoms with Gasteiger partial charge in [0.2, 0.25) is 0 Å². The third-order valence-electron chi connectivity index (χ3n) is 3.46. The molecule has 5 nitrogen and oxygen atoms in total. The zero-order valence-corrected chi connectivity index (χ0v) is 13.5. The molecule has 2 aromatic rings. The highest BCUT2D eigenvalue weighted by atomic mass is 35.5. The van der Waals surface area contributed by atoms with Gasteiger partial charge in [-0.15, -0.1) is 5.10 Å². The van der Waals surface area contributed by atoms with E-state index in [4.69, 9.17) is 21.1 Å². The van der Waals surface area contributed by atoms with E-state index < -0.39 is 0 Å². The summed E-state index contributed by atoms with van der Waals surface area (Å²) in [5, 5.41) is 8.79. The first kappa shape index (κ1) is 15.6. The Labute approximate surface area is 129 Å². The summed E-state index contributed by atoms with van der Waals surface area (Å²) in [5.74, 6) is 1.63. The second-order valence-corrected chi connectivity index (χ2v) is 5.31. The minimum absolute atomic E-state index is 0.216. The largest absolute Gasteiger partial charge is 0.496 e. The molecule has 1 heterocycles. The van der Waals surface area contributed by atoms with Crippen molar-refractivity contribution in [1.82, 2.24) is 15.0 Å². The molecule has 6 heteroatoms. The van der Waals surface area contributed by atoms with Crippen LogP contribution in [0.4, 0.5) is 0 Å². The van der Waals surface area contributed by atoms with E-state index in [1.54, 1.807) is 20.3 Å². The zero-order chi connectivity index (χ0) is 15.4. The van der Waals surface area contributed by atoms with Crippen molar-refractivity contribution in [3.05, 3.63) is 34.6 Å².